The van der Waals surface area contributed by atoms with Gasteiger partial charge in [0.25, 0.3) is 0 Å². The summed E-state index contributed by atoms with van der Waals surface area (Å²) in [6, 6.07) is 7.90. The van der Waals surface area contributed by atoms with Crippen LogP contribution >= 0.6 is 0 Å². The SMILES string of the molecule is CN(C)C(=O)C1(C)COC(c2nc(-c3ccc(F)cc3)c(-c3ccnc(NCCCN4CCOCC4)n3)[nH]2)OC1. The van der Waals surface area contributed by atoms with E-state index in [4.69, 9.17) is 24.2 Å². The third kappa shape index (κ3) is 6.47. The molecule has 0 bridgehead atoms. The van der Waals surface area contributed by atoms with Crippen LogP contribution in [0.4, 0.5) is 10.3 Å². The Bertz CT molecular complexity index is 1290. The lowest BCUT2D eigenvalue weighted by molar-refractivity contribution is -0.233. The van der Waals surface area contributed by atoms with Crippen LogP contribution in [0.5, 0.6) is 0 Å². The second kappa shape index (κ2) is 12.4. The van der Waals surface area contributed by atoms with Crippen LogP contribution in [-0.2, 0) is 19.0 Å². The van der Waals surface area contributed by atoms with Gasteiger partial charge in [-0.2, -0.15) is 0 Å². The molecule has 0 saturated carbocycles. The minimum absolute atomic E-state index is 0.0657. The fourth-order valence-corrected chi connectivity index (χ4v) is 4.85. The van der Waals surface area contributed by atoms with Crippen molar-refractivity contribution in [2.45, 2.75) is 19.6 Å². The number of nitrogens with one attached hydrogen (secondary N) is 2. The fourth-order valence-electron chi connectivity index (χ4n) is 4.85. The molecule has 11 nitrogen and oxygen atoms in total. The number of hydrogen-bond acceptors (Lipinski definition) is 9. The van der Waals surface area contributed by atoms with Gasteiger partial charge in [-0.25, -0.2) is 19.3 Å². The Morgan fingerprint density at radius 3 is 2.58 bits per heavy atom. The van der Waals surface area contributed by atoms with Gasteiger partial charge in [0.2, 0.25) is 18.1 Å². The maximum atomic E-state index is 13.7. The molecule has 2 aliphatic rings. The molecule has 0 radical (unpaired) electrons. The van der Waals surface area contributed by atoms with E-state index in [1.165, 1.54) is 17.0 Å². The standard InChI is InChI=1S/C28H36FN7O4/c1-28(26(37)35(2)3)17-39-25(40-18-28)24-33-22(19-5-7-20(29)8-6-19)23(34-24)21-9-11-31-27(32-21)30-10-4-12-36-13-15-38-16-14-36/h5-9,11,25H,4,10,12-18H2,1-3H3,(H,33,34)(H,30,31,32). The first-order valence-electron chi connectivity index (χ1n) is 13.5. The number of ether oxygens (including phenoxy) is 3. The van der Waals surface area contributed by atoms with Crippen LogP contribution in [0.15, 0.2) is 36.5 Å². The number of carbonyl (C=O) groups excluding carboxylic acids is 1. The number of benzene rings is 1. The molecule has 5 rings (SSSR count). The predicted octanol–water partition coefficient (Wildman–Crippen LogP) is 2.95. The molecule has 0 atom stereocenters. The molecule has 214 valence electrons. The predicted molar refractivity (Wildman–Crippen MR) is 147 cm³/mol. The number of anilines is 1. The molecule has 4 heterocycles. The number of aromatic nitrogens is 4. The van der Waals surface area contributed by atoms with Gasteiger partial charge in [0.15, 0.2) is 5.82 Å². The third-order valence-corrected chi connectivity index (χ3v) is 7.04. The van der Waals surface area contributed by atoms with Crippen molar-refractivity contribution in [3.8, 4) is 22.6 Å². The summed E-state index contributed by atoms with van der Waals surface area (Å²) in [5.74, 6) is 0.538. The average Bonchev–Trinajstić information content (AvgIpc) is 3.42. The van der Waals surface area contributed by atoms with Gasteiger partial charge in [0.05, 0.1) is 48.9 Å². The van der Waals surface area contributed by atoms with Crippen LogP contribution in [0.2, 0.25) is 0 Å². The zero-order valence-corrected chi connectivity index (χ0v) is 23.2. The molecule has 0 unspecified atom stereocenters. The fraction of sp³-hybridized carbons (Fsp3) is 0.500. The molecule has 2 fully saturated rings. The van der Waals surface area contributed by atoms with E-state index in [1.54, 1.807) is 38.5 Å². The topological polar surface area (TPSA) is 118 Å². The first-order chi connectivity index (χ1) is 19.3. The maximum absolute atomic E-state index is 13.7. The van der Waals surface area contributed by atoms with Crippen molar-refractivity contribution in [3.05, 3.63) is 48.2 Å². The van der Waals surface area contributed by atoms with Gasteiger partial charge in [0, 0.05) is 45.5 Å². The van der Waals surface area contributed by atoms with Gasteiger partial charge >= 0.3 is 0 Å². The van der Waals surface area contributed by atoms with Crippen LogP contribution in [0.3, 0.4) is 0 Å². The number of carbonyl (C=O) groups is 1. The Balaban J connectivity index is 1.34. The van der Waals surface area contributed by atoms with E-state index in [9.17, 15) is 9.18 Å². The maximum Gasteiger partial charge on any atom is 0.232 e. The highest BCUT2D eigenvalue weighted by Gasteiger charge is 2.41. The quantitative estimate of drug-likeness (QED) is 0.386. The summed E-state index contributed by atoms with van der Waals surface area (Å²) >= 11 is 0. The van der Waals surface area contributed by atoms with E-state index in [0.29, 0.717) is 34.4 Å². The highest BCUT2D eigenvalue weighted by Crippen LogP contribution is 2.36. The largest absolute Gasteiger partial charge is 0.379 e. The molecule has 12 heteroatoms. The molecule has 2 aliphatic heterocycles. The monoisotopic (exact) mass is 553 g/mol. The van der Waals surface area contributed by atoms with Gasteiger partial charge in [-0.3, -0.25) is 9.69 Å². The van der Waals surface area contributed by atoms with Crippen LogP contribution in [0.25, 0.3) is 22.6 Å². The molecule has 2 N–H and O–H groups in total. The van der Waals surface area contributed by atoms with Gasteiger partial charge in [0.1, 0.15) is 5.82 Å². The summed E-state index contributed by atoms with van der Waals surface area (Å²) in [5.41, 5.74) is 1.75. The summed E-state index contributed by atoms with van der Waals surface area (Å²) in [4.78, 5) is 33.7. The second-order valence-electron chi connectivity index (χ2n) is 10.6. The molecule has 1 amide bonds. The summed E-state index contributed by atoms with van der Waals surface area (Å²) in [5, 5.41) is 3.31. The molecule has 0 spiro atoms. The molecule has 3 aromatic rings. The van der Waals surface area contributed by atoms with Crippen LogP contribution in [-0.4, -0.2) is 102 Å². The van der Waals surface area contributed by atoms with Gasteiger partial charge < -0.3 is 29.4 Å². The molecule has 40 heavy (non-hydrogen) atoms. The number of aromatic amines is 1. The van der Waals surface area contributed by atoms with Crippen molar-refractivity contribution in [1.29, 1.82) is 0 Å². The zero-order chi connectivity index (χ0) is 28.1. The van der Waals surface area contributed by atoms with Crippen molar-refractivity contribution in [2.75, 3.05) is 72.0 Å². The number of nitrogens with zero attached hydrogens (tertiary/aromatic N) is 5. The lowest BCUT2D eigenvalue weighted by Gasteiger charge is -2.36. The first-order valence-corrected chi connectivity index (χ1v) is 13.5. The van der Waals surface area contributed by atoms with Crippen molar-refractivity contribution in [3.63, 3.8) is 0 Å². The van der Waals surface area contributed by atoms with E-state index in [-0.39, 0.29) is 24.9 Å². The smallest absolute Gasteiger partial charge is 0.232 e. The Morgan fingerprint density at radius 2 is 1.88 bits per heavy atom. The van der Waals surface area contributed by atoms with Gasteiger partial charge in [-0.05, 0) is 50.2 Å². The number of hydrogen-bond donors (Lipinski definition) is 2. The van der Waals surface area contributed by atoms with E-state index in [0.717, 1.165) is 45.8 Å². The summed E-state index contributed by atoms with van der Waals surface area (Å²) in [7, 11) is 3.42. The molecular formula is C28H36FN7O4. The normalized spacial score (nSPS) is 21.8. The minimum atomic E-state index is -0.796. The Kier molecular flexibility index (Phi) is 8.69. The average molecular weight is 554 g/mol. The van der Waals surface area contributed by atoms with Crippen molar-refractivity contribution in [2.24, 2.45) is 5.41 Å². The highest BCUT2D eigenvalue weighted by atomic mass is 19.1. The van der Waals surface area contributed by atoms with Gasteiger partial charge in [-0.15, -0.1) is 0 Å². The van der Waals surface area contributed by atoms with Crippen molar-refractivity contribution in [1.82, 2.24) is 29.7 Å². The summed E-state index contributed by atoms with van der Waals surface area (Å²) < 4.78 is 31.0. The molecule has 1 aromatic carbocycles. The number of rotatable bonds is 9. The van der Waals surface area contributed by atoms with Crippen LogP contribution in [0.1, 0.15) is 25.5 Å². The summed E-state index contributed by atoms with van der Waals surface area (Å²) in [6.07, 6.45) is 1.84. The number of H-pyrrole nitrogens is 1. The molecule has 0 aliphatic carbocycles. The number of imidazole rings is 1. The Morgan fingerprint density at radius 1 is 1.15 bits per heavy atom. The van der Waals surface area contributed by atoms with E-state index in [2.05, 4.69) is 20.2 Å². The Hall–Kier alpha value is -3.45. The van der Waals surface area contributed by atoms with Crippen LogP contribution in [0, 0.1) is 11.2 Å². The molecule has 2 saturated heterocycles. The van der Waals surface area contributed by atoms with Crippen molar-refractivity contribution >= 4 is 11.9 Å². The molecular weight excluding hydrogens is 517 g/mol. The van der Waals surface area contributed by atoms with Crippen LogP contribution < -0.4 is 5.32 Å². The second-order valence-corrected chi connectivity index (χ2v) is 10.6. The van der Waals surface area contributed by atoms with E-state index >= 15 is 0 Å². The minimum Gasteiger partial charge on any atom is -0.379 e. The zero-order valence-electron chi connectivity index (χ0n) is 23.2. The third-order valence-electron chi connectivity index (χ3n) is 7.04. The lowest BCUT2D eigenvalue weighted by Crippen LogP contribution is -2.48. The lowest BCUT2D eigenvalue weighted by atomic mass is 9.90. The van der Waals surface area contributed by atoms with E-state index < -0.39 is 11.7 Å². The van der Waals surface area contributed by atoms with Gasteiger partial charge in [-0.1, -0.05) is 0 Å². The number of halogens is 1. The highest BCUT2D eigenvalue weighted by molar-refractivity contribution is 5.82. The first kappa shape index (κ1) is 28.1. The van der Waals surface area contributed by atoms with E-state index in [1.807, 2.05) is 6.92 Å². The molecule has 2 aromatic heterocycles. The summed E-state index contributed by atoms with van der Waals surface area (Å²) in [6.45, 7) is 7.38. The Labute approximate surface area is 233 Å². The van der Waals surface area contributed by atoms with Crippen molar-refractivity contribution < 1.29 is 23.4 Å². The number of morpholine rings is 1. The number of amides is 1.